The summed E-state index contributed by atoms with van der Waals surface area (Å²) < 4.78 is 26.7. The zero-order chi connectivity index (χ0) is 15.6. The number of piperidine rings is 1. The molecule has 1 aliphatic rings. The van der Waals surface area contributed by atoms with Gasteiger partial charge in [-0.1, -0.05) is 0 Å². The lowest BCUT2D eigenvalue weighted by molar-refractivity contribution is 0.0618. The number of nitrogens with one attached hydrogen (secondary N) is 1. The van der Waals surface area contributed by atoms with Crippen molar-refractivity contribution in [2.45, 2.75) is 32.2 Å². The van der Waals surface area contributed by atoms with Crippen LogP contribution in [0.4, 0.5) is 0 Å². The van der Waals surface area contributed by atoms with E-state index in [0.29, 0.717) is 12.1 Å². The van der Waals surface area contributed by atoms with Crippen LogP contribution in [0.15, 0.2) is 6.20 Å². The van der Waals surface area contributed by atoms with E-state index in [-0.39, 0.29) is 18.5 Å². The molecule has 2 rings (SSSR count). The maximum atomic E-state index is 12.7. The molecule has 1 atom stereocenters. The fourth-order valence-corrected chi connectivity index (χ4v) is 3.09. The number of rotatable bonds is 4. The van der Waals surface area contributed by atoms with E-state index in [2.05, 4.69) is 9.82 Å². The van der Waals surface area contributed by atoms with Crippen molar-refractivity contribution in [3.63, 3.8) is 0 Å². The van der Waals surface area contributed by atoms with E-state index in [0.717, 1.165) is 31.2 Å². The molecule has 0 aliphatic carbocycles. The third-order valence-electron chi connectivity index (χ3n) is 3.93. The highest BCUT2D eigenvalue weighted by molar-refractivity contribution is 7.88. The Kier molecular flexibility index (Phi) is 4.67. The second-order valence-electron chi connectivity index (χ2n) is 5.54. The van der Waals surface area contributed by atoms with Crippen LogP contribution in [0.2, 0.25) is 0 Å². The minimum absolute atomic E-state index is 0.0689. The Morgan fingerprint density at radius 3 is 2.76 bits per heavy atom. The highest BCUT2D eigenvalue weighted by atomic mass is 32.2. The summed E-state index contributed by atoms with van der Waals surface area (Å²) in [6.45, 7) is 2.78. The predicted octanol–water partition coefficient (Wildman–Crippen LogP) is 0.272. The van der Waals surface area contributed by atoms with E-state index < -0.39 is 10.0 Å². The summed E-state index contributed by atoms with van der Waals surface area (Å²) in [6.07, 6.45) is 5.47. The van der Waals surface area contributed by atoms with Gasteiger partial charge in [0.2, 0.25) is 10.0 Å². The van der Waals surface area contributed by atoms with Gasteiger partial charge in [-0.25, -0.2) is 13.1 Å². The summed E-state index contributed by atoms with van der Waals surface area (Å²) in [4.78, 5) is 14.4. The number of likely N-dealkylation sites (tertiary alicyclic amines) is 1. The van der Waals surface area contributed by atoms with Gasteiger partial charge in [0, 0.05) is 31.9 Å². The van der Waals surface area contributed by atoms with Gasteiger partial charge in [-0.3, -0.25) is 9.48 Å². The number of amides is 1. The quantitative estimate of drug-likeness (QED) is 0.865. The van der Waals surface area contributed by atoms with E-state index in [9.17, 15) is 13.2 Å². The molecule has 21 heavy (non-hydrogen) atoms. The lowest BCUT2D eigenvalue weighted by Gasteiger charge is -2.35. The molecule has 0 spiro atoms. The van der Waals surface area contributed by atoms with Crippen LogP contribution in [-0.2, 0) is 17.1 Å². The van der Waals surface area contributed by atoms with Gasteiger partial charge >= 0.3 is 0 Å². The molecule has 0 radical (unpaired) electrons. The van der Waals surface area contributed by atoms with E-state index in [1.165, 1.54) is 0 Å². The summed E-state index contributed by atoms with van der Waals surface area (Å²) in [5.74, 6) is -0.0689. The van der Waals surface area contributed by atoms with Crippen LogP contribution in [0, 0.1) is 6.92 Å². The summed E-state index contributed by atoms with van der Waals surface area (Å²) >= 11 is 0. The number of carbonyl (C=O) groups is 1. The van der Waals surface area contributed by atoms with Gasteiger partial charge in [0.05, 0.1) is 18.0 Å². The van der Waals surface area contributed by atoms with Crippen molar-refractivity contribution < 1.29 is 13.2 Å². The third kappa shape index (κ3) is 3.82. The Balaban J connectivity index is 2.14. The normalized spacial score (nSPS) is 19.8. The van der Waals surface area contributed by atoms with Crippen molar-refractivity contribution in [1.82, 2.24) is 19.4 Å². The van der Waals surface area contributed by atoms with Gasteiger partial charge in [-0.2, -0.15) is 5.10 Å². The largest absolute Gasteiger partial charge is 0.334 e. The Labute approximate surface area is 125 Å². The number of hydrogen-bond donors (Lipinski definition) is 1. The molecule has 7 nitrogen and oxygen atoms in total. The molecule has 0 saturated carbocycles. The number of sulfonamides is 1. The molecular weight excluding hydrogens is 292 g/mol. The predicted molar refractivity (Wildman–Crippen MR) is 79.5 cm³/mol. The summed E-state index contributed by atoms with van der Waals surface area (Å²) in [5, 5.41) is 4.10. The van der Waals surface area contributed by atoms with Crippen LogP contribution in [0.25, 0.3) is 0 Å². The van der Waals surface area contributed by atoms with Crippen LogP contribution in [0.3, 0.4) is 0 Å². The van der Waals surface area contributed by atoms with Crippen LogP contribution < -0.4 is 4.72 Å². The average molecular weight is 314 g/mol. The lowest BCUT2D eigenvalue weighted by atomic mass is 10.0. The first kappa shape index (κ1) is 16.0. The maximum absolute atomic E-state index is 12.7. The highest BCUT2D eigenvalue weighted by Crippen LogP contribution is 2.20. The molecule has 1 N–H and O–H groups in total. The van der Waals surface area contributed by atoms with Gasteiger partial charge < -0.3 is 4.90 Å². The van der Waals surface area contributed by atoms with Crippen molar-refractivity contribution in [3.8, 4) is 0 Å². The molecule has 1 amide bonds. The molecule has 0 bridgehead atoms. The SMILES string of the molecule is Cc1c(C(=O)N2CCCC[C@H]2CNS(C)(=O)=O)cnn1C. The van der Waals surface area contributed by atoms with Gasteiger partial charge in [0.15, 0.2) is 0 Å². The molecule has 1 aromatic heterocycles. The first-order valence-electron chi connectivity index (χ1n) is 7.04. The van der Waals surface area contributed by atoms with Crippen molar-refractivity contribution in [3.05, 3.63) is 17.5 Å². The first-order chi connectivity index (χ1) is 9.79. The fraction of sp³-hybridized carbons (Fsp3) is 0.692. The van der Waals surface area contributed by atoms with Gasteiger partial charge in [0.1, 0.15) is 0 Å². The van der Waals surface area contributed by atoms with Gasteiger partial charge in [0.25, 0.3) is 5.91 Å². The first-order valence-corrected chi connectivity index (χ1v) is 8.93. The van der Waals surface area contributed by atoms with E-state index in [1.54, 1.807) is 22.8 Å². The maximum Gasteiger partial charge on any atom is 0.257 e. The van der Waals surface area contributed by atoms with Crippen molar-refractivity contribution >= 4 is 15.9 Å². The minimum Gasteiger partial charge on any atom is -0.334 e. The number of aromatic nitrogens is 2. The molecule has 118 valence electrons. The monoisotopic (exact) mass is 314 g/mol. The van der Waals surface area contributed by atoms with E-state index >= 15 is 0 Å². The Morgan fingerprint density at radius 1 is 1.48 bits per heavy atom. The molecule has 0 unspecified atom stereocenters. The van der Waals surface area contributed by atoms with E-state index in [4.69, 9.17) is 0 Å². The Hall–Kier alpha value is -1.41. The van der Waals surface area contributed by atoms with Crippen molar-refractivity contribution in [2.75, 3.05) is 19.3 Å². The van der Waals surface area contributed by atoms with Crippen LogP contribution in [0.5, 0.6) is 0 Å². The van der Waals surface area contributed by atoms with Crippen molar-refractivity contribution in [1.29, 1.82) is 0 Å². The smallest absolute Gasteiger partial charge is 0.257 e. The van der Waals surface area contributed by atoms with Crippen LogP contribution >= 0.6 is 0 Å². The number of nitrogens with zero attached hydrogens (tertiary/aromatic N) is 3. The molecule has 1 aliphatic heterocycles. The summed E-state index contributed by atoms with van der Waals surface area (Å²) in [6, 6.07) is -0.0967. The molecule has 0 aromatic carbocycles. The van der Waals surface area contributed by atoms with Crippen LogP contribution in [-0.4, -0.2) is 54.4 Å². The van der Waals surface area contributed by atoms with Gasteiger partial charge in [-0.15, -0.1) is 0 Å². The molecular formula is C13H22N4O3S. The molecule has 1 aromatic rings. The topological polar surface area (TPSA) is 84.3 Å². The number of carbonyl (C=O) groups excluding carboxylic acids is 1. The second-order valence-corrected chi connectivity index (χ2v) is 7.37. The van der Waals surface area contributed by atoms with Gasteiger partial charge in [-0.05, 0) is 26.2 Å². The summed E-state index contributed by atoms with van der Waals surface area (Å²) in [5.41, 5.74) is 1.41. The Morgan fingerprint density at radius 2 is 2.19 bits per heavy atom. The minimum atomic E-state index is -3.25. The zero-order valence-electron chi connectivity index (χ0n) is 12.7. The third-order valence-corrected chi connectivity index (χ3v) is 4.63. The molecule has 8 heteroatoms. The molecule has 1 fully saturated rings. The Bertz CT molecular complexity index is 623. The second kappa shape index (κ2) is 6.15. The number of aryl methyl sites for hydroxylation is 1. The summed E-state index contributed by atoms with van der Waals surface area (Å²) in [7, 11) is -1.45. The zero-order valence-corrected chi connectivity index (χ0v) is 13.5. The number of hydrogen-bond acceptors (Lipinski definition) is 4. The lowest BCUT2D eigenvalue weighted by Crippen LogP contribution is -2.49. The van der Waals surface area contributed by atoms with E-state index in [1.807, 2.05) is 6.92 Å². The molecule has 2 heterocycles. The van der Waals surface area contributed by atoms with Crippen LogP contribution in [0.1, 0.15) is 35.3 Å². The molecule has 1 saturated heterocycles. The standard InChI is InChI=1S/C13H22N4O3S/c1-10-12(9-14-16(10)2)13(18)17-7-5-4-6-11(17)8-15-21(3,19)20/h9,11,15H,4-8H2,1-3H3/t11-/m0/s1. The van der Waals surface area contributed by atoms with Crippen molar-refractivity contribution in [2.24, 2.45) is 7.05 Å². The average Bonchev–Trinajstić information content (AvgIpc) is 2.76. The fourth-order valence-electron chi connectivity index (χ4n) is 2.59. The highest BCUT2D eigenvalue weighted by Gasteiger charge is 2.29.